The number of carbonyl (C=O) groups excluding carboxylic acids is 1. The van der Waals surface area contributed by atoms with E-state index in [9.17, 15) is 4.79 Å². The number of furan rings is 1. The van der Waals surface area contributed by atoms with Gasteiger partial charge in [-0.05, 0) is 25.1 Å². The second kappa shape index (κ2) is 5.46. The van der Waals surface area contributed by atoms with Crippen LogP contribution >= 0.6 is 0 Å². The zero-order chi connectivity index (χ0) is 14.8. The number of anilines is 1. The van der Waals surface area contributed by atoms with Crippen LogP contribution in [0.1, 0.15) is 6.92 Å². The second-order valence-corrected chi connectivity index (χ2v) is 4.99. The molecule has 5 heteroatoms. The van der Waals surface area contributed by atoms with Gasteiger partial charge in [-0.1, -0.05) is 18.2 Å². The van der Waals surface area contributed by atoms with Crippen LogP contribution in [0.3, 0.4) is 0 Å². The third kappa shape index (κ3) is 2.68. The van der Waals surface area contributed by atoms with E-state index in [0.29, 0.717) is 5.69 Å². The van der Waals surface area contributed by atoms with Crippen molar-refractivity contribution in [2.45, 2.75) is 13.0 Å². The number of aliphatic hydroxyl groups excluding tert-OH is 1. The molecular weight excluding hydrogens is 268 g/mol. The quantitative estimate of drug-likeness (QED) is 0.692. The van der Waals surface area contributed by atoms with Crippen molar-refractivity contribution in [3.05, 3.63) is 42.5 Å². The number of nitrogens with one attached hydrogen (secondary N) is 2. The Kier molecular flexibility index (Phi) is 3.50. The third-order valence-corrected chi connectivity index (χ3v) is 3.29. The maximum Gasteiger partial charge on any atom is 0.319 e. The van der Waals surface area contributed by atoms with E-state index in [1.807, 2.05) is 36.4 Å². The van der Waals surface area contributed by atoms with Gasteiger partial charge in [0.1, 0.15) is 11.2 Å². The highest BCUT2D eigenvalue weighted by molar-refractivity contribution is 6.06. The van der Waals surface area contributed by atoms with Gasteiger partial charge < -0.3 is 20.2 Å². The predicted molar refractivity (Wildman–Crippen MR) is 82.4 cm³/mol. The third-order valence-electron chi connectivity index (χ3n) is 3.29. The van der Waals surface area contributed by atoms with Gasteiger partial charge in [0.15, 0.2) is 0 Å². The fourth-order valence-electron chi connectivity index (χ4n) is 2.24. The zero-order valence-electron chi connectivity index (χ0n) is 11.6. The summed E-state index contributed by atoms with van der Waals surface area (Å²) in [6, 6.07) is 12.7. The molecular formula is C16H16N2O3. The number of benzene rings is 2. The van der Waals surface area contributed by atoms with E-state index in [4.69, 9.17) is 9.52 Å². The van der Waals surface area contributed by atoms with Gasteiger partial charge in [-0.3, -0.25) is 0 Å². The first-order chi connectivity index (χ1) is 10.2. The molecule has 0 aliphatic carbocycles. The molecule has 3 rings (SSSR count). The molecule has 0 bridgehead atoms. The largest absolute Gasteiger partial charge is 0.456 e. The summed E-state index contributed by atoms with van der Waals surface area (Å²) < 4.78 is 5.77. The minimum Gasteiger partial charge on any atom is -0.456 e. The fourth-order valence-corrected chi connectivity index (χ4v) is 2.24. The van der Waals surface area contributed by atoms with E-state index in [1.54, 1.807) is 13.0 Å². The maximum atomic E-state index is 11.7. The lowest BCUT2D eigenvalue weighted by atomic mass is 10.1. The van der Waals surface area contributed by atoms with Gasteiger partial charge in [0.25, 0.3) is 0 Å². The molecule has 21 heavy (non-hydrogen) atoms. The number of urea groups is 1. The van der Waals surface area contributed by atoms with Crippen molar-refractivity contribution in [1.29, 1.82) is 0 Å². The summed E-state index contributed by atoms with van der Waals surface area (Å²) >= 11 is 0. The zero-order valence-corrected chi connectivity index (χ0v) is 11.6. The first kappa shape index (κ1) is 13.5. The predicted octanol–water partition coefficient (Wildman–Crippen LogP) is 3.09. The Morgan fingerprint density at radius 2 is 1.95 bits per heavy atom. The van der Waals surface area contributed by atoms with Crippen molar-refractivity contribution in [2.75, 3.05) is 11.9 Å². The lowest BCUT2D eigenvalue weighted by molar-refractivity contribution is 0.229. The van der Waals surface area contributed by atoms with Crippen molar-refractivity contribution in [3.63, 3.8) is 0 Å². The molecule has 1 atom stereocenters. The molecule has 0 fully saturated rings. The van der Waals surface area contributed by atoms with E-state index in [0.717, 1.165) is 21.9 Å². The molecule has 2 aromatic carbocycles. The second-order valence-electron chi connectivity index (χ2n) is 4.99. The molecule has 0 saturated heterocycles. The standard InChI is InChI=1S/C16H16N2O3/c1-10(9-19)17-16(20)18-11-6-7-13-12-4-2-3-5-14(12)21-15(13)8-11/h2-8,10,19H,9H2,1H3,(H2,17,18,20). The molecule has 1 heterocycles. The normalized spacial score (nSPS) is 12.5. The van der Waals surface area contributed by atoms with Gasteiger partial charge in [0.2, 0.25) is 0 Å². The SMILES string of the molecule is CC(CO)NC(=O)Nc1ccc2c(c1)oc1ccccc12. The summed E-state index contributed by atoms with van der Waals surface area (Å²) in [6.45, 7) is 1.62. The smallest absolute Gasteiger partial charge is 0.319 e. The molecule has 108 valence electrons. The Labute approximate surface area is 121 Å². The van der Waals surface area contributed by atoms with E-state index in [1.165, 1.54) is 0 Å². The van der Waals surface area contributed by atoms with Crippen LogP contribution in [0.4, 0.5) is 10.5 Å². The molecule has 1 unspecified atom stereocenters. The highest BCUT2D eigenvalue weighted by Gasteiger charge is 2.09. The van der Waals surface area contributed by atoms with Gasteiger partial charge in [-0.25, -0.2) is 4.79 Å². The van der Waals surface area contributed by atoms with Crippen molar-refractivity contribution in [1.82, 2.24) is 5.32 Å². The molecule has 0 aliphatic rings. The van der Waals surface area contributed by atoms with E-state index in [-0.39, 0.29) is 18.7 Å². The van der Waals surface area contributed by atoms with Crippen molar-refractivity contribution < 1.29 is 14.3 Å². The van der Waals surface area contributed by atoms with E-state index in [2.05, 4.69) is 10.6 Å². The highest BCUT2D eigenvalue weighted by Crippen LogP contribution is 2.30. The lowest BCUT2D eigenvalue weighted by Gasteiger charge is -2.11. The van der Waals surface area contributed by atoms with Crippen LogP contribution in [0.15, 0.2) is 46.9 Å². The summed E-state index contributed by atoms with van der Waals surface area (Å²) in [6.07, 6.45) is 0. The molecule has 0 aliphatic heterocycles. The highest BCUT2D eigenvalue weighted by atomic mass is 16.3. The van der Waals surface area contributed by atoms with Crippen LogP contribution in [0, 0.1) is 0 Å². The van der Waals surface area contributed by atoms with E-state index < -0.39 is 0 Å². The number of para-hydroxylation sites is 1. The minimum absolute atomic E-state index is 0.101. The van der Waals surface area contributed by atoms with Crippen LogP contribution < -0.4 is 10.6 Å². The summed E-state index contributed by atoms with van der Waals surface area (Å²) in [5.41, 5.74) is 2.19. The first-order valence-corrected chi connectivity index (χ1v) is 6.77. The number of amides is 2. The monoisotopic (exact) mass is 284 g/mol. The van der Waals surface area contributed by atoms with Crippen LogP contribution in [0.5, 0.6) is 0 Å². The molecule has 1 aromatic heterocycles. The number of aliphatic hydroxyl groups is 1. The van der Waals surface area contributed by atoms with Crippen LogP contribution in [-0.4, -0.2) is 23.8 Å². The minimum atomic E-state index is -0.355. The summed E-state index contributed by atoms with van der Waals surface area (Å²) in [7, 11) is 0. The number of carbonyl (C=O) groups is 1. The Morgan fingerprint density at radius 1 is 1.19 bits per heavy atom. The average molecular weight is 284 g/mol. The van der Waals surface area contributed by atoms with Crippen LogP contribution in [-0.2, 0) is 0 Å². The molecule has 5 nitrogen and oxygen atoms in total. The molecule has 3 N–H and O–H groups in total. The summed E-state index contributed by atoms with van der Waals surface area (Å²) in [4.78, 5) is 11.7. The van der Waals surface area contributed by atoms with E-state index >= 15 is 0 Å². The van der Waals surface area contributed by atoms with Gasteiger partial charge in [-0.2, -0.15) is 0 Å². The fraction of sp³-hybridized carbons (Fsp3) is 0.188. The Morgan fingerprint density at radius 3 is 2.76 bits per heavy atom. The molecule has 0 saturated carbocycles. The number of rotatable bonds is 3. The Bertz CT molecular complexity index is 794. The van der Waals surface area contributed by atoms with Crippen molar-refractivity contribution in [3.8, 4) is 0 Å². The van der Waals surface area contributed by atoms with Crippen LogP contribution in [0.25, 0.3) is 21.9 Å². The van der Waals surface area contributed by atoms with Gasteiger partial charge in [-0.15, -0.1) is 0 Å². The van der Waals surface area contributed by atoms with Gasteiger partial charge >= 0.3 is 6.03 Å². The Balaban J connectivity index is 1.87. The first-order valence-electron chi connectivity index (χ1n) is 6.77. The summed E-state index contributed by atoms with van der Waals surface area (Å²) in [5, 5.41) is 16.3. The maximum absolute atomic E-state index is 11.7. The number of hydrogen-bond acceptors (Lipinski definition) is 3. The molecule has 0 spiro atoms. The molecule has 0 radical (unpaired) electrons. The summed E-state index contributed by atoms with van der Waals surface area (Å²) in [5.74, 6) is 0. The lowest BCUT2D eigenvalue weighted by Crippen LogP contribution is -2.38. The van der Waals surface area contributed by atoms with Crippen molar-refractivity contribution in [2.24, 2.45) is 0 Å². The Hall–Kier alpha value is -2.53. The molecule has 3 aromatic rings. The van der Waals surface area contributed by atoms with Crippen molar-refractivity contribution >= 4 is 33.7 Å². The van der Waals surface area contributed by atoms with Crippen LogP contribution in [0.2, 0.25) is 0 Å². The number of fused-ring (bicyclic) bond motifs is 3. The van der Waals surface area contributed by atoms with Gasteiger partial charge in [0, 0.05) is 22.5 Å². The van der Waals surface area contributed by atoms with Gasteiger partial charge in [0.05, 0.1) is 12.6 Å². The molecule has 2 amide bonds. The topological polar surface area (TPSA) is 74.5 Å². The average Bonchev–Trinajstić information content (AvgIpc) is 2.84. The number of hydrogen-bond donors (Lipinski definition) is 3.